The Hall–Kier alpha value is -2.05. The van der Waals surface area contributed by atoms with Crippen molar-refractivity contribution in [2.45, 2.75) is 18.9 Å². The molecule has 0 aromatic carbocycles. The van der Waals surface area contributed by atoms with Gasteiger partial charge in [0.1, 0.15) is 11.4 Å². The fraction of sp³-hybridized carbons (Fsp3) is 0.583. The van der Waals surface area contributed by atoms with Gasteiger partial charge in [-0.3, -0.25) is 14.3 Å². The molecule has 2 saturated heterocycles. The number of likely N-dealkylation sites (tertiary alicyclic amines) is 1. The standard InChI is InChI=1S/C12H17N5O2/c1-16-10(13)8(5-15-16)12(19)17-4-2-3-7-9(17)6-14-11(7)18/h5,7,9H,2-4,6,13H2,1H3,(H,14,18). The third kappa shape index (κ3) is 1.76. The topological polar surface area (TPSA) is 93.2 Å². The number of anilines is 1. The van der Waals surface area contributed by atoms with Gasteiger partial charge in [-0.2, -0.15) is 5.10 Å². The fourth-order valence-corrected chi connectivity index (χ4v) is 2.97. The summed E-state index contributed by atoms with van der Waals surface area (Å²) in [6, 6.07) is -0.0478. The van der Waals surface area contributed by atoms with Crippen molar-refractivity contribution in [2.75, 3.05) is 18.8 Å². The summed E-state index contributed by atoms with van der Waals surface area (Å²) in [4.78, 5) is 26.0. The predicted molar refractivity (Wildman–Crippen MR) is 68.2 cm³/mol. The van der Waals surface area contributed by atoms with E-state index in [1.54, 1.807) is 11.9 Å². The highest BCUT2D eigenvalue weighted by Gasteiger charge is 2.43. The Balaban J connectivity index is 1.87. The van der Waals surface area contributed by atoms with Crippen molar-refractivity contribution in [1.82, 2.24) is 20.0 Å². The molecule has 2 aliphatic heterocycles. The Labute approximate surface area is 110 Å². The second kappa shape index (κ2) is 4.25. The number of nitrogens with one attached hydrogen (secondary N) is 1. The van der Waals surface area contributed by atoms with Crippen molar-refractivity contribution in [3.8, 4) is 0 Å². The van der Waals surface area contributed by atoms with Crippen LogP contribution in [0.3, 0.4) is 0 Å². The highest BCUT2D eigenvalue weighted by atomic mass is 16.2. The number of fused-ring (bicyclic) bond motifs is 1. The first-order valence-corrected chi connectivity index (χ1v) is 6.45. The van der Waals surface area contributed by atoms with Crippen LogP contribution in [0.5, 0.6) is 0 Å². The molecule has 2 atom stereocenters. The first kappa shape index (κ1) is 12.0. The summed E-state index contributed by atoms with van der Waals surface area (Å²) in [5, 5.41) is 6.83. The first-order valence-electron chi connectivity index (χ1n) is 6.45. The Morgan fingerprint density at radius 1 is 1.58 bits per heavy atom. The highest BCUT2D eigenvalue weighted by molar-refractivity contribution is 5.99. The van der Waals surface area contributed by atoms with Crippen LogP contribution < -0.4 is 11.1 Å². The average molecular weight is 263 g/mol. The third-order valence-electron chi connectivity index (χ3n) is 4.08. The summed E-state index contributed by atoms with van der Waals surface area (Å²) in [5.74, 6) is 0.221. The molecule has 0 saturated carbocycles. The smallest absolute Gasteiger partial charge is 0.259 e. The number of rotatable bonds is 1. The molecule has 0 spiro atoms. The predicted octanol–water partition coefficient (Wildman–Crippen LogP) is -0.647. The van der Waals surface area contributed by atoms with Crippen LogP contribution in [-0.4, -0.2) is 45.6 Å². The average Bonchev–Trinajstić information content (AvgIpc) is 2.94. The molecule has 7 heteroatoms. The van der Waals surface area contributed by atoms with Gasteiger partial charge in [0.25, 0.3) is 5.91 Å². The van der Waals surface area contributed by atoms with E-state index >= 15 is 0 Å². The molecule has 0 bridgehead atoms. The number of aryl methyl sites for hydroxylation is 1. The molecule has 102 valence electrons. The quantitative estimate of drug-likeness (QED) is 0.704. The zero-order valence-electron chi connectivity index (χ0n) is 10.8. The Morgan fingerprint density at radius 2 is 2.37 bits per heavy atom. The van der Waals surface area contributed by atoms with Gasteiger partial charge in [0.05, 0.1) is 18.2 Å². The maximum Gasteiger partial charge on any atom is 0.259 e. The highest BCUT2D eigenvalue weighted by Crippen LogP contribution is 2.29. The van der Waals surface area contributed by atoms with E-state index in [-0.39, 0.29) is 23.8 Å². The molecule has 3 heterocycles. The summed E-state index contributed by atoms with van der Waals surface area (Å²) < 4.78 is 1.48. The second-order valence-corrected chi connectivity index (χ2v) is 5.13. The molecule has 1 aromatic heterocycles. The van der Waals surface area contributed by atoms with Crippen molar-refractivity contribution in [3.63, 3.8) is 0 Å². The van der Waals surface area contributed by atoms with Crippen molar-refractivity contribution in [1.29, 1.82) is 0 Å². The van der Waals surface area contributed by atoms with E-state index in [0.29, 0.717) is 24.5 Å². The minimum absolute atomic E-state index is 0.0478. The van der Waals surface area contributed by atoms with E-state index in [9.17, 15) is 9.59 Å². The Bertz CT molecular complexity index is 538. The first-order chi connectivity index (χ1) is 9.09. The molecule has 0 aliphatic carbocycles. The number of amides is 2. The second-order valence-electron chi connectivity index (χ2n) is 5.13. The molecule has 7 nitrogen and oxygen atoms in total. The molecule has 1 aromatic rings. The lowest BCUT2D eigenvalue weighted by Gasteiger charge is -2.35. The molecule has 0 radical (unpaired) electrons. The van der Waals surface area contributed by atoms with Gasteiger partial charge in [0.2, 0.25) is 5.91 Å². The van der Waals surface area contributed by atoms with Crippen molar-refractivity contribution >= 4 is 17.6 Å². The summed E-state index contributed by atoms with van der Waals surface area (Å²) >= 11 is 0. The largest absolute Gasteiger partial charge is 0.383 e. The van der Waals surface area contributed by atoms with Crippen LogP contribution in [0.1, 0.15) is 23.2 Å². The van der Waals surface area contributed by atoms with Gasteiger partial charge in [-0.1, -0.05) is 0 Å². The molecular weight excluding hydrogens is 246 g/mol. The van der Waals surface area contributed by atoms with Crippen LogP contribution in [0.15, 0.2) is 6.20 Å². The van der Waals surface area contributed by atoms with Crippen LogP contribution in [0.25, 0.3) is 0 Å². The van der Waals surface area contributed by atoms with E-state index in [1.807, 2.05) is 0 Å². The van der Waals surface area contributed by atoms with Crippen molar-refractivity contribution < 1.29 is 9.59 Å². The van der Waals surface area contributed by atoms with Crippen molar-refractivity contribution in [2.24, 2.45) is 13.0 Å². The monoisotopic (exact) mass is 263 g/mol. The normalized spacial score (nSPS) is 26.2. The zero-order valence-corrected chi connectivity index (χ0v) is 10.8. The fourth-order valence-electron chi connectivity index (χ4n) is 2.97. The third-order valence-corrected chi connectivity index (χ3v) is 4.08. The minimum Gasteiger partial charge on any atom is -0.383 e. The number of carbonyl (C=O) groups is 2. The van der Waals surface area contributed by atoms with E-state index in [1.165, 1.54) is 10.9 Å². The maximum atomic E-state index is 12.5. The molecule has 2 unspecified atom stereocenters. The molecular formula is C12H17N5O2. The lowest BCUT2D eigenvalue weighted by molar-refractivity contribution is -0.123. The Kier molecular flexibility index (Phi) is 2.69. The zero-order chi connectivity index (χ0) is 13.6. The Morgan fingerprint density at radius 3 is 3.05 bits per heavy atom. The van der Waals surface area contributed by atoms with E-state index in [4.69, 9.17) is 5.73 Å². The lowest BCUT2D eigenvalue weighted by Crippen LogP contribution is -2.48. The number of nitrogens with two attached hydrogens (primary N) is 1. The molecule has 19 heavy (non-hydrogen) atoms. The van der Waals surface area contributed by atoms with Crippen molar-refractivity contribution in [3.05, 3.63) is 11.8 Å². The van der Waals surface area contributed by atoms with Gasteiger partial charge >= 0.3 is 0 Å². The molecule has 2 fully saturated rings. The van der Waals surface area contributed by atoms with Crippen LogP contribution >= 0.6 is 0 Å². The molecule has 2 amide bonds. The molecule has 2 aliphatic rings. The number of carbonyl (C=O) groups excluding carboxylic acids is 2. The van der Waals surface area contributed by atoms with E-state index < -0.39 is 0 Å². The summed E-state index contributed by atoms with van der Waals surface area (Å²) in [7, 11) is 1.70. The van der Waals surface area contributed by atoms with Crippen LogP contribution in [0.4, 0.5) is 5.82 Å². The molecule has 3 rings (SSSR count). The van der Waals surface area contributed by atoms with Crippen LogP contribution in [0, 0.1) is 5.92 Å². The summed E-state index contributed by atoms with van der Waals surface area (Å²) in [6.45, 7) is 1.21. The lowest BCUT2D eigenvalue weighted by atomic mass is 9.91. The van der Waals surface area contributed by atoms with E-state index in [0.717, 1.165) is 12.8 Å². The molecule has 3 N–H and O–H groups in total. The van der Waals surface area contributed by atoms with Gasteiger partial charge in [0.15, 0.2) is 0 Å². The van der Waals surface area contributed by atoms with E-state index in [2.05, 4.69) is 10.4 Å². The SMILES string of the molecule is Cn1ncc(C(=O)N2CCCC3C(=O)NCC32)c1N. The number of nitrogens with zero attached hydrogens (tertiary/aromatic N) is 3. The number of hydrogen-bond donors (Lipinski definition) is 2. The van der Waals surface area contributed by atoms with Gasteiger partial charge in [-0.05, 0) is 12.8 Å². The summed E-state index contributed by atoms with van der Waals surface area (Å²) in [5.41, 5.74) is 6.26. The number of piperidine rings is 1. The minimum atomic E-state index is -0.128. The number of hydrogen-bond acceptors (Lipinski definition) is 4. The summed E-state index contributed by atoms with van der Waals surface area (Å²) in [6.07, 6.45) is 3.19. The number of aromatic nitrogens is 2. The van der Waals surface area contributed by atoms with Crippen LogP contribution in [-0.2, 0) is 11.8 Å². The van der Waals surface area contributed by atoms with Gasteiger partial charge < -0.3 is 16.0 Å². The maximum absolute atomic E-state index is 12.5. The van der Waals surface area contributed by atoms with Gasteiger partial charge in [-0.15, -0.1) is 0 Å². The number of nitrogen functional groups attached to an aromatic ring is 1. The van der Waals surface area contributed by atoms with Gasteiger partial charge in [-0.25, -0.2) is 0 Å². The van der Waals surface area contributed by atoms with Crippen LogP contribution in [0.2, 0.25) is 0 Å². The van der Waals surface area contributed by atoms with Gasteiger partial charge in [0, 0.05) is 20.1 Å².